The van der Waals surface area contributed by atoms with Gasteiger partial charge < -0.3 is 14.6 Å². The minimum Gasteiger partial charge on any atom is -0.489 e. The van der Waals surface area contributed by atoms with Crippen molar-refractivity contribution in [2.24, 2.45) is 0 Å². The van der Waals surface area contributed by atoms with Gasteiger partial charge in [0.05, 0.1) is 24.8 Å². The van der Waals surface area contributed by atoms with E-state index in [2.05, 4.69) is 0 Å². The van der Waals surface area contributed by atoms with Crippen LogP contribution in [0.25, 0.3) is 0 Å². The number of halogens is 1. The van der Waals surface area contributed by atoms with E-state index in [-0.39, 0.29) is 6.61 Å². The lowest BCUT2D eigenvalue weighted by Gasteiger charge is -2.17. The van der Waals surface area contributed by atoms with E-state index in [9.17, 15) is 0 Å². The molecule has 0 unspecified atom stereocenters. The summed E-state index contributed by atoms with van der Waals surface area (Å²) in [4.78, 5) is 2.02. The number of rotatable bonds is 4. The van der Waals surface area contributed by atoms with Crippen LogP contribution in [0.3, 0.4) is 0 Å². The first kappa shape index (κ1) is 13.5. The van der Waals surface area contributed by atoms with Gasteiger partial charge in [0.15, 0.2) is 11.5 Å². The summed E-state index contributed by atoms with van der Waals surface area (Å²) in [5.41, 5.74) is 1.06. The van der Waals surface area contributed by atoms with Crippen LogP contribution < -0.4 is 9.47 Å². The molecule has 100 valence electrons. The summed E-state index contributed by atoms with van der Waals surface area (Å²) in [6.07, 6.45) is 0.866. The molecule has 1 N–H and O–H groups in total. The number of fused-ring (bicyclic) bond motifs is 1. The van der Waals surface area contributed by atoms with E-state index < -0.39 is 0 Å². The highest BCUT2D eigenvalue weighted by atomic mass is 35.5. The monoisotopic (exact) mass is 271 g/mol. The van der Waals surface area contributed by atoms with E-state index in [1.165, 1.54) is 0 Å². The average Bonchev–Trinajstić information content (AvgIpc) is 2.54. The largest absolute Gasteiger partial charge is 0.489 e. The standard InChI is InChI=1S/C13H18ClNO3/c1-15(3-4-16)9-10-7-11(14)13-12(8-10)17-5-2-6-18-13/h7-8,16H,2-6,9H2,1H3. The molecule has 1 heterocycles. The van der Waals surface area contributed by atoms with Crippen molar-refractivity contribution >= 4 is 11.6 Å². The van der Waals surface area contributed by atoms with Gasteiger partial charge in [-0.05, 0) is 24.7 Å². The number of benzene rings is 1. The number of nitrogens with zero attached hydrogens (tertiary/aromatic N) is 1. The Hall–Kier alpha value is -0.970. The highest BCUT2D eigenvalue weighted by Gasteiger charge is 2.16. The van der Waals surface area contributed by atoms with Crippen LogP contribution in [0, 0.1) is 0 Å². The molecule has 0 aliphatic carbocycles. The molecule has 0 bridgehead atoms. The summed E-state index contributed by atoms with van der Waals surface area (Å²) < 4.78 is 11.2. The van der Waals surface area contributed by atoms with Gasteiger partial charge in [-0.25, -0.2) is 0 Å². The van der Waals surface area contributed by atoms with Crippen molar-refractivity contribution in [3.05, 3.63) is 22.7 Å². The molecule has 0 aromatic heterocycles. The summed E-state index contributed by atoms with van der Waals surface area (Å²) in [6.45, 7) is 2.79. The van der Waals surface area contributed by atoms with Crippen LogP contribution in [0.1, 0.15) is 12.0 Å². The molecule has 1 aromatic rings. The van der Waals surface area contributed by atoms with Crippen LogP contribution >= 0.6 is 11.6 Å². The minimum absolute atomic E-state index is 0.148. The molecular formula is C13H18ClNO3. The maximum absolute atomic E-state index is 8.89. The number of aliphatic hydroxyl groups is 1. The van der Waals surface area contributed by atoms with Crippen molar-refractivity contribution in [3.63, 3.8) is 0 Å². The van der Waals surface area contributed by atoms with Gasteiger partial charge in [0.2, 0.25) is 0 Å². The van der Waals surface area contributed by atoms with Gasteiger partial charge in [0, 0.05) is 19.5 Å². The number of ether oxygens (including phenoxy) is 2. The molecule has 0 saturated heterocycles. The van der Waals surface area contributed by atoms with Crippen LogP contribution in [0.5, 0.6) is 11.5 Å². The Balaban J connectivity index is 2.18. The number of hydrogen-bond donors (Lipinski definition) is 1. The zero-order valence-electron chi connectivity index (χ0n) is 10.5. The number of hydrogen-bond acceptors (Lipinski definition) is 4. The highest BCUT2D eigenvalue weighted by molar-refractivity contribution is 6.32. The Morgan fingerprint density at radius 1 is 1.33 bits per heavy atom. The quantitative estimate of drug-likeness (QED) is 0.909. The second-order valence-electron chi connectivity index (χ2n) is 4.42. The summed E-state index contributed by atoms with van der Waals surface area (Å²) in [5, 5.41) is 9.47. The minimum atomic E-state index is 0.148. The molecule has 2 rings (SSSR count). The van der Waals surface area contributed by atoms with Crippen molar-refractivity contribution < 1.29 is 14.6 Å². The molecule has 5 heteroatoms. The second-order valence-corrected chi connectivity index (χ2v) is 4.82. The van der Waals surface area contributed by atoms with Gasteiger partial charge in [-0.3, -0.25) is 4.90 Å². The molecule has 0 atom stereocenters. The Bertz CT molecular complexity index is 411. The van der Waals surface area contributed by atoms with E-state index >= 15 is 0 Å². The highest BCUT2D eigenvalue weighted by Crippen LogP contribution is 2.38. The molecule has 1 aromatic carbocycles. The summed E-state index contributed by atoms with van der Waals surface area (Å²) in [7, 11) is 1.95. The Morgan fingerprint density at radius 3 is 2.89 bits per heavy atom. The van der Waals surface area contributed by atoms with Crippen LogP contribution in [0.15, 0.2) is 12.1 Å². The van der Waals surface area contributed by atoms with Gasteiger partial charge in [-0.2, -0.15) is 0 Å². The zero-order valence-corrected chi connectivity index (χ0v) is 11.2. The van der Waals surface area contributed by atoms with Crippen LogP contribution in [0.2, 0.25) is 5.02 Å². The Kier molecular flexibility index (Phi) is 4.69. The van der Waals surface area contributed by atoms with E-state index in [1.807, 2.05) is 24.1 Å². The van der Waals surface area contributed by atoms with E-state index in [1.54, 1.807) is 0 Å². The van der Waals surface area contributed by atoms with Gasteiger partial charge in [0.1, 0.15) is 0 Å². The normalized spacial score (nSPS) is 14.7. The third-order valence-electron chi connectivity index (χ3n) is 2.80. The van der Waals surface area contributed by atoms with Crippen molar-refractivity contribution in [3.8, 4) is 11.5 Å². The third-order valence-corrected chi connectivity index (χ3v) is 3.08. The van der Waals surface area contributed by atoms with Gasteiger partial charge in [0.25, 0.3) is 0 Å². The van der Waals surface area contributed by atoms with Gasteiger partial charge in [-0.1, -0.05) is 11.6 Å². The van der Waals surface area contributed by atoms with E-state index in [0.717, 1.165) is 18.5 Å². The molecule has 0 saturated carbocycles. The molecule has 0 fully saturated rings. The fourth-order valence-corrected chi connectivity index (χ4v) is 2.22. The lowest BCUT2D eigenvalue weighted by molar-refractivity contribution is 0.217. The summed E-state index contributed by atoms with van der Waals surface area (Å²) >= 11 is 6.21. The van der Waals surface area contributed by atoms with Crippen molar-refractivity contribution in [2.45, 2.75) is 13.0 Å². The van der Waals surface area contributed by atoms with Crippen molar-refractivity contribution in [2.75, 3.05) is 33.4 Å². The van der Waals surface area contributed by atoms with Gasteiger partial charge in [-0.15, -0.1) is 0 Å². The molecular weight excluding hydrogens is 254 g/mol. The van der Waals surface area contributed by atoms with Crippen LogP contribution in [0.4, 0.5) is 0 Å². The molecule has 4 nitrogen and oxygen atoms in total. The first-order valence-corrected chi connectivity index (χ1v) is 6.46. The number of likely N-dealkylation sites (N-methyl/N-ethyl adjacent to an activating group) is 1. The topological polar surface area (TPSA) is 41.9 Å². The van der Waals surface area contributed by atoms with Gasteiger partial charge >= 0.3 is 0 Å². The first-order valence-electron chi connectivity index (χ1n) is 6.08. The van der Waals surface area contributed by atoms with E-state index in [0.29, 0.717) is 36.3 Å². The molecule has 0 amide bonds. The second kappa shape index (κ2) is 6.27. The molecule has 18 heavy (non-hydrogen) atoms. The SMILES string of the molecule is CN(CCO)Cc1cc(Cl)c2c(c1)OCCCO2. The summed E-state index contributed by atoms with van der Waals surface area (Å²) in [5.74, 6) is 1.36. The Labute approximate surface area is 112 Å². The fraction of sp³-hybridized carbons (Fsp3) is 0.538. The smallest absolute Gasteiger partial charge is 0.179 e. The third kappa shape index (κ3) is 3.28. The zero-order chi connectivity index (χ0) is 13.0. The molecule has 1 aliphatic rings. The first-order chi connectivity index (χ1) is 8.70. The molecule has 1 aliphatic heterocycles. The lowest BCUT2D eigenvalue weighted by Crippen LogP contribution is -2.21. The van der Waals surface area contributed by atoms with Crippen LogP contribution in [-0.4, -0.2) is 43.4 Å². The average molecular weight is 272 g/mol. The number of aliphatic hydroxyl groups excluding tert-OH is 1. The lowest BCUT2D eigenvalue weighted by atomic mass is 10.2. The van der Waals surface area contributed by atoms with E-state index in [4.69, 9.17) is 26.2 Å². The molecule has 0 spiro atoms. The predicted molar refractivity (Wildman–Crippen MR) is 70.5 cm³/mol. The van der Waals surface area contributed by atoms with Crippen molar-refractivity contribution in [1.82, 2.24) is 4.90 Å². The predicted octanol–water partition coefficient (Wildman–Crippen LogP) is 1.93. The molecule has 0 radical (unpaired) electrons. The van der Waals surface area contributed by atoms with Crippen LogP contribution in [-0.2, 0) is 6.54 Å². The maximum Gasteiger partial charge on any atom is 0.179 e. The fourth-order valence-electron chi connectivity index (χ4n) is 1.94. The Morgan fingerprint density at radius 2 is 2.11 bits per heavy atom. The summed E-state index contributed by atoms with van der Waals surface area (Å²) in [6, 6.07) is 3.85. The van der Waals surface area contributed by atoms with Crippen molar-refractivity contribution in [1.29, 1.82) is 0 Å². The maximum atomic E-state index is 8.89.